The first-order valence-electron chi connectivity index (χ1n) is 9.98. The summed E-state index contributed by atoms with van der Waals surface area (Å²) in [5.74, 6) is -0.917. The number of nitriles is 1. The van der Waals surface area contributed by atoms with Gasteiger partial charge in [0, 0.05) is 12.5 Å². The van der Waals surface area contributed by atoms with Crippen molar-refractivity contribution in [3.05, 3.63) is 65.2 Å². The average Bonchev–Trinajstić information content (AvgIpc) is 3.35. The van der Waals surface area contributed by atoms with Crippen LogP contribution in [-0.2, 0) is 21.8 Å². The van der Waals surface area contributed by atoms with Crippen LogP contribution in [0.15, 0.2) is 48.5 Å². The van der Waals surface area contributed by atoms with Gasteiger partial charge in [-0.25, -0.2) is 8.42 Å². The number of rotatable bonds is 2. The van der Waals surface area contributed by atoms with Gasteiger partial charge in [-0.15, -0.1) is 0 Å². The molecule has 162 valence electrons. The minimum absolute atomic E-state index is 0.0203. The van der Waals surface area contributed by atoms with Crippen LogP contribution in [0, 0.1) is 29.1 Å². The highest BCUT2D eigenvalue weighted by atomic mass is 32.2. The van der Waals surface area contributed by atoms with E-state index in [-0.39, 0.29) is 30.0 Å². The van der Waals surface area contributed by atoms with Gasteiger partial charge < -0.3 is 5.11 Å². The lowest BCUT2D eigenvalue weighted by Gasteiger charge is -2.37. The third-order valence-corrected chi connectivity index (χ3v) is 9.56. The van der Waals surface area contributed by atoms with E-state index < -0.39 is 38.2 Å². The summed E-state index contributed by atoms with van der Waals surface area (Å²) >= 11 is 0. The number of aliphatic hydroxyl groups is 1. The topological polar surface area (TPSA) is 81.4 Å². The lowest BCUT2D eigenvalue weighted by molar-refractivity contribution is -0.137. The highest BCUT2D eigenvalue weighted by Crippen LogP contribution is 2.62. The number of hydrogen-bond acceptors (Lipinski definition) is 4. The smallest absolute Gasteiger partial charge is 0.385 e. The molecule has 2 bridgehead atoms. The van der Waals surface area contributed by atoms with E-state index in [4.69, 9.17) is 5.26 Å². The summed E-state index contributed by atoms with van der Waals surface area (Å²) in [5.41, 5.74) is -2.19. The van der Waals surface area contributed by atoms with E-state index in [1.807, 2.05) is 30.3 Å². The second kappa shape index (κ2) is 6.47. The first-order valence-corrected chi connectivity index (χ1v) is 11.5. The first kappa shape index (κ1) is 20.3. The number of benzene rings is 2. The predicted molar refractivity (Wildman–Crippen MR) is 106 cm³/mol. The zero-order valence-corrected chi connectivity index (χ0v) is 17.1. The number of alkyl halides is 3. The van der Waals surface area contributed by atoms with Crippen LogP contribution in [0.5, 0.6) is 0 Å². The van der Waals surface area contributed by atoms with Crippen molar-refractivity contribution in [2.24, 2.45) is 17.8 Å². The highest BCUT2D eigenvalue weighted by molar-refractivity contribution is 7.93. The number of halogens is 3. The van der Waals surface area contributed by atoms with Crippen molar-refractivity contribution in [3.63, 3.8) is 0 Å². The SMILES string of the molecule is N#Cc1ccc(N2C[C@@H]3[C@@H]([C@@H]4C[C@@H]3[C@](O)(c3ccccc3)C4)S2(=O)=O)cc1C(F)(F)F. The largest absolute Gasteiger partial charge is 0.417 e. The van der Waals surface area contributed by atoms with Crippen LogP contribution >= 0.6 is 0 Å². The van der Waals surface area contributed by atoms with Crippen molar-refractivity contribution in [2.45, 2.75) is 29.9 Å². The summed E-state index contributed by atoms with van der Waals surface area (Å²) in [6.07, 6.45) is -3.88. The molecule has 0 amide bonds. The summed E-state index contributed by atoms with van der Waals surface area (Å²) in [4.78, 5) is 0. The van der Waals surface area contributed by atoms with Gasteiger partial charge in [-0.3, -0.25) is 4.31 Å². The van der Waals surface area contributed by atoms with Gasteiger partial charge in [-0.1, -0.05) is 30.3 Å². The third-order valence-electron chi connectivity index (χ3n) is 7.17. The molecule has 0 radical (unpaired) electrons. The molecule has 3 aliphatic rings. The van der Waals surface area contributed by atoms with Gasteiger partial charge in [-0.05, 0) is 48.4 Å². The van der Waals surface area contributed by atoms with Crippen LogP contribution in [0.2, 0.25) is 0 Å². The van der Waals surface area contributed by atoms with Crippen molar-refractivity contribution in [1.82, 2.24) is 0 Å². The lowest BCUT2D eigenvalue weighted by atomic mass is 9.73. The Kier molecular flexibility index (Phi) is 4.24. The molecular weight excluding hydrogens is 429 g/mol. The number of hydrogen-bond donors (Lipinski definition) is 1. The average molecular weight is 448 g/mol. The molecule has 2 aromatic rings. The first-order chi connectivity index (χ1) is 14.6. The van der Waals surface area contributed by atoms with E-state index in [0.29, 0.717) is 12.8 Å². The standard InChI is InChI=1S/C22H19F3N2O3S/c23-22(24,25)18-9-16(7-6-13(18)11-26)27-12-17-19-8-14(20(17)31(27,29)30)10-21(19,28)15-4-2-1-3-5-15/h1-7,9,14,17,19-20,28H,8,10,12H2/t14-,17+,19+,20-,21-/m1/s1. The molecule has 1 heterocycles. The maximum absolute atomic E-state index is 13.4. The van der Waals surface area contributed by atoms with Gasteiger partial charge in [0.15, 0.2) is 0 Å². The molecule has 2 saturated carbocycles. The maximum atomic E-state index is 13.4. The van der Waals surface area contributed by atoms with E-state index in [1.54, 1.807) is 0 Å². The van der Waals surface area contributed by atoms with E-state index in [0.717, 1.165) is 22.0 Å². The fourth-order valence-electron chi connectivity index (χ4n) is 5.98. The summed E-state index contributed by atoms with van der Waals surface area (Å²) < 4.78 is 67.9. The molecule has 2 aromatic carbocycles. The Morgan fingerprint density at radius 2 is 1.87 bits per heavy atom. The Morgan fingerprint density at radius 1 is 1.16 bits per heavy atom. The fraction of sp³-hybridized carbons (Fsp3) is 0.409. The summed E-state index contributed by atoms with van der Waals surface area (Å²) in [5, 5.41) is 19.7. The summed E-state index contributed by atoms with van der Waals surface area (Å²) in [6.45, 7) is 0.0203. The summed E-state index contributed by atoms with van der Waals surface area (Å²) in [7, 11) is -3.89. The molecule has 5 atom stereocenters. The van der Waals surface area contributed by atoms with Crippen LogP contribution in [0.3, 0.4) is 0 Å². The van der Waals surface area contributed by atoms with Crippen LogP contribution < -0.4 is 4.31 Å². The van der Waals surface area contributed by atoms with Crippen molar-refractivity contribution >= 4 is 15.7 Å². The van der Waals surface area contributed by atoms with Crippen LogP contribution in [-0.4, -0.2) is 25.3 Å². The number of fused-ring (bicyclic) bond motifs is 5. The molecule has 0 aromatic heterocycles. The second-order valence-corrected chi connectivity index (χ2v) is 10.7. The lowest BCUT2D eigenvalue weighted by Crippen LogP contribution is -2.43. The van der Waals surface area contributed by atoms with Gasteiger partial charge in [0.25, 0.3) is 0 Å². The number of anilines is 1. The van der Waals surface area contributed by atoms with Crippen molar-refractivity contribution in [3.8, 4) is 6.07 Å². The van der Waals surface area contributed by atoms with Crippen LogP contribution in [0.1, 0.15) is 29.5 Å². The molecule has 3 fully saturated rings. The second-order valence-electron chi connectivity index (χ2n) is 8.64. The minimum atomic E-state index is -4.77. The molecule has 0 unspecified atom stereocenters. The minimum Gasteiger partial charge on any atom is -0.385 e. The van der Waals surface area contributed by atoms with E-state index in [2.05, 4.69) is 0 Å². The molecule has 31 heavy (non-hydrogen) atoms. The Morgan fingerprint density at radius 3 is 2.52 bits per heavy atom. The molecule has 2 aliphatic carbocycles. The van der Waals surface area contributed by atoms with E-state index in [9.17, 15) is 26.7 Å². The molecule has 5 nitrogen and oxygen atoms in total. The molecule has 1 saturated heterocycles. The Balaban J connectivity index is 1.53. The van der Waals surface area contributed by atoms with Crippen molar-refractivity contribution in [1.29, 1.82) is 5.26 Å². The highest BCUT2D eigenvalue weighted by Gasteiger charge is 2.67. The maximum Gasteiger partial charge on any atom is 0.417 e. The third kappa shape index (κ3) is 2.81. The van der Waals surface area contributed by atoms with Crippen LogP contribution in [0.4, 0.5) is 18.9 Å². The molecule has 9 heteroatoms. The monoisotopic (exact) mass is 448 g/mol. The molecule has 1 N–H and O–H groups in total. The number of nitrogens with zero attached hydrogens (tertiary/aromatic N) is 2. The Labute approximate surface area is 177 Å². The predicted octanol–water partition coefficient (Wildman–Crippen LogP) is 3.64. The molecular formula is C22H19F3N2O3S. The van der Waals surface area contributed by atoms with Crippen molar-refractivity contribution < 1.29 is 26.7 Å². The van der Waals surface area contributed by atoms with Crippen LogP contribution in [0.25, 0.3) is 0 Å². The zero-order valence-electron chi connectivity index (χ0n) is 16.2. The zero-order chi connectivity index (χ0) is 22.2. The Hall–Kier alpha value is -2.57. The van der Waals surface area contributed by atoms with Gasteiger partial charge in [-0.2, -0.15) is 18.4 Å². The van der Waals surface area contributed by atoms with Gasteiger partial charge in [0.1, 0.15) is 0 Å². The molecule has 5 rings (SSSR count). The van der Waals surface area contributed by atoms with Gasteiger partial charge in [0.2, 0.25) is 10.0 Å². The summed E-state index contributed by atoms with van der Waals surface area (Å²) in [6, 6.07) is 13.7. The van der Waals surface area contributed by atoms with E-state index >= 15 is 0 Å². The quantitative estimate of drug-likeness (QED) is 0.761. The normalized spacial score (nSPS) is 33.3. The number of sulfonamides is 1. The molecule has 1 aliphatic heterocycles. The van der Waals surface area contributed by atoms with E-state index in [1.165, 1.54) is 12.1 Å². The van der Waals surface area contributed by atoms with Gasteiger partial charge >= 0.3 is 6.18 Å². The van der Waals surface area contributed by atoms with Gasteiger partial charge in [0.05, 0.1) is 33.7 Å². The fourth-order valence-corrected chi connectivity index (χ4v) is 8.47. The van der Waals surface area contributed by atoms with Crippen molar-refractivity contribution in [2.75, 3.05) is 10.8 Å². The Bertz CT molecular complexity index is 1190. The molecule has 0 spiro atoms.